The summed E-state index contributed by atoms with van der Waals surface area (Å²) in [7, 11) is 1.65. The first-order chi connectivity index (χ1) is 16.6. The van der Waals surface area contributed by atoms with Crippen LogP contribution in [0.5, 0.6) is 5.75 Å². The lowest BCUT2D eigenvalue weighted by atomic mass is 10.2. The molecule has 0 amide bonds. The van der Waals surface area contributed by atoms with Crippen molar-refractivity contribution in [1.82, 2.24) is 24.1 Å². The summed E-state index contributed by atoms with van der Waals surface area (Å²) in [5.74, 6) is 1.46. The number of nitrogens with zero attached hydrogens (tertiary/aromatic N) is 5. The fraction of sp³-hybridized carbons (Fsp3) is 0.308. The van der Waals surface area contributed by atoms with Crippen molar-refractivity contribution in [3.05, 3.63) is 70.3 Å². The predicted molar refractivity (Wildman–Crippen MR) is 130 cm³/mol. The second-order valence-corrected chi connectivity index (χ2v) is 8.73. The Balaban J connectivity index is 1.60. The third kappa shape index (κ3) is 3.42. The van der Waals surface area contributed by atoms with Crippen molar-refractivity contribution in [1.29, 1.82) is 0 Å². The largest absolute Gasteiger partial charge is 0.497 e. The van der Waals surface area contributed by atoms with Crippen molar-refractivity contribution < 1.29 is 9.47 Å². The highest BCUT2D eigenvalue weighted by Crippen LogP contribution is 2.27. The number of ether oxygens (including phenoxy) is 2. The van der Waals surface area contributed by atoms with Gasteiger partial charge < -0.3 is 14.0 Å². The maximum Gasteiger partial charge on any atom is 0.265 e. The molecule has 1 unspecified atom stereocenters. The van der Waals surface area contributed by atoms with Crippen LogP contribution in [-0.4, -0.2) is 43.9 Å². The molecule has 5 aromatic rings. The van der Waals surface area contributed by atoms with E-state index in [1.807, 2.05) is 60.0 Å². The molecule has 4 heterocycles. The highest BCUT2D eigenvalue weighted by molar-refractivity contribution is 6.04. The standard InChI is InChI=1S/C26H25N5O3/c1-16-27-24-22(26(32)30(16)15-19-6-5-13-34-19)23-25(29-21-8-4-3-7-20(21)28-23)31(24)14-17-9-11-18(33-2)12-10-17/h3-4,7-12,19H,5-6,13-15H2,1-2H3. The summed E-state index contributed by atoms with van der Waals surface area (Å²) in [4.78, 5) is 28.5. The molecule has 1 saturated heterocycles. The molecule has 172 valence electrons. The van der Waals surface area contributed by atoms with Crippen molar-refractivity contribution in [3.63, 3.8) is 0 Å². The lowest BCUT2D eigenvalue weighted by Gasteiger charge is -2.14. The number of methoxy groups -OCH3 is 1. The molecule has 8 heteroatoms. The van der Waals surface area contributed by atoms with E-state index in [1.165, 1.54) is 0 Å². The summed E-state index contributed by atoms with van der Waals surface area (Å²) < 4.78 is 14.8. The first-order valence-corrected chi connectivity index (χ1v) is 11.5. The SMILES string of the molecule is COc1ccc(Cn2c3nc4ccccc4nc3c3c(=O)n(CC4CCCO4)c(C)nc32)cc1. The maximum atomic E-state index is 13.8. The monoisotopic (exact) mass is 455 g/mol. The normalized spacial score (nSPS) is 16.1. The summed E-state index contributed by atoms with van der Waals surface area (Å²) in [5.41, 5.74) is 4.34. The number of aromatic nitrogens is 5. The molecule has 1 fully saturated rings. The number of rotatable bonds is 5. The molecule has 1 aliphatic heterocycles. The van der Waals surface area contributed by atoms with E-state index in [1.54, 1.807) is 11.7 Å². The van der Waals surface area contributed by atoms with E-state index < -0.39 is 0 Å². The number of benzene rings is 2. The second kappa shape index (κ2) is 8.22. The Morgan fingerprint density at radius 3 is 2.47 bits per heavy atom. The molecular formula is C26H25N5O3. The van der Waals surface area contributed by atoms with Crippen molar-refractivity contribution in [2.24, 2.45) is 0 Å². The van der Waals surface area contributed by atoms with E-state index in [2.05, 4.69) is 0 Å². The third-order valence-corrected chi connectivity index (χ3v) is 6.55. The lowest BCUT2D eigenvalue weighted by Crippen LogP contribution is -2.29. The van der Waals surface area contributed by atoms with E-state index in [0.717, 1.165) is 41.8 Å². The zero-order valence-electron chi connectivity index (χ0n) is 19.2. The van der Waals surface area contributed by atoms with Gasteiger partial charge in [0.25, 0.3) is 5.56 Å². The molecule has 0 aliphatic carbocycles. The molecule has 8 nitrogen and oxygen atoms in total. The summed E-state index contributed by atoms with van der Waals surface area (Å²) in [6, 6.07) is 15.6. The van der Waals surface area contributed by atoms with Crippen LogP contribution >= 0.6 is 0 Å². The van der Waals surface area contributed by atoms with Crippen LogP contribution in [0.15, 0.2) is 53.3 Å². The molecule has 34 heavy (non-hydrogen) atoms. The molecule has 0 radical (unpaired) electrons. The summed E-state index contributed by atoms with van der Waals surface area (Å²) in [6.45, 7) is 3.63. The molecule has 0 N–H and O–H groups in total. The molecule has 2 aromatic carbocycles. The maximum absolute atomic E-state index is 13.8. The Bertz CT molecular complexity index is 1580. The van der Waals surface area contributed by atoms with E-state index in [4.69, 9.17) is 24.4 Å². The Labute approximate surface area is 195 Å². The Morgan fingerprint density at radius 2 is 1.76 bits per heavy atom. The van der Waals surface area contributed by atoms with E-state index >= 15 is 0 Å². The van der Waals surface area contributed by atoms with Gasteiger partial charge in [-0.1, -0.05) is 24.3 Å². The molecule has 6 rings (SSSR count). The van der Waals surface area contributed by atoms with Crippen molar-refractivity contribution >= 4 is 33.2 Å². The molecule has 3 aromatic heterocycles. The number of fused-ring (bicyclic) bond motifs is 4. The quantitative estimate of drug-likeness (QED) is 0.400. The third-order valence-electron chi connectivity index (χ3n) is 6.55. The molecule has 1 atom stereocenters. The van der Waals surface area contributed by atoms with Crippen LogP contribution in [-0.2, 0) is 17.8 Å². The minimum atomic E-state index is -0.0962. The van der Waals surface area contributed by atoms with Crippen LogP contribution in [0, 0.1) is 6.92 Å². The van der Waals surface area contributed by atoms with Crippen LogP contribution < -0.4 is 10.3 Å². The Hall–Kier alpha value is -3.78. The van der Waals surface area contributed by atoms with E-state index in [9.17, 15) is 4.79 Å². The lowest BCUT2D eigenvalue weighted by molar-refractivity contribution is 0.0955. The van der Waals surface area contributed by atoms with Crippen LogP contribution in [0.3, 0.4) is 0 Å². The molecule has 0 saturated carbocycles. The first-order valence-electron chi connectivity index (χ1n) is 11.5. The average Bonchev–Trinajstić information content (AvgIpc) is 3.47. The smallest absolute Gasteiger partial charge is 0.265 e. The van der Waals surface area contributed by atoms with Crippen LogP contribution in [0.25, 0.3) is 33.2 Å². The number of hydrogen-bond donors (Lipinski definition) is 0. The van der Waals surface area contributed by atoms with Gasteiger partial charge >= 0.3 is 0 Å². The summed E-state index contributed by atoms with van der Waals surface area (Å²) >= 11 is 0. The molecule has 1 aliphatic rings. The molecule has 0 spiro atoms. The highest BCUT2D eigenvalue weighted by atomic mass is 16.5. The van der Waals surface area contributed by atoms with Crippen LogP contribution in [0.4, 0.5) is 0 Å². The van der Waals surface area contributed by atoms with Gasteiger partial charge in [-0.25, -0.2) is 15.0 Å². The van der Waals surface area contributed by atoms with Gasteiger partial charge in [-0.2, -0.15) is 0 Å². The van der Waals surface area contributed by atoms with Gasteiger partial charge in [0.2, 0.25) is 0 Å². The van der Waals surface area contributed by atoms with Gasteiger partial charge in [0.15, 0.2) is 11.3 Å². The van der Waals surface area contributed by atoms with E-state index in [-0.39, 0.29) is 11.7 Å². The van der Waals surface area contributed by atoms with Crippen molar-refractivity contribution in [3.8, 4) is 5.75 Å². The van der Waals surface area contributed by atoms with Gasteiger partial charge in [-0.05, 0) is 49.6 Å². The topological polar surface area (TPSA) is 84.1 Å². The van der Waals surface area contributed by atoms with E-state index in [0.29, 0.717) is 41.1 Å². The highest BCUT2D eigenvalue weighted by Gasteiger charge is 2.24. The Kier molecular flexibility index (Phi) is 5.03. The van der Waals surface area contributed by atoms with Crippen molar-refractivity contribution in [2.45, 2.75) is 39.0 Å². The van der Waals surface area contributed by atoms with Gasteiger partial charge in [0.1, 0.15) is 22.5 Å². The first kappa shape index (κ1) is 20.8. The van der Waals surface area contributed by atoms with Crippen LogP contribution in [0.1, 0.15) is 24.2 Å². The molecular weight excluding hydrogens is 430 g/mol. The Morgan fingerprint density at radius 1 is 1.00 bits per heavy atom. The summed E-state index contributed by atoms with van der Waals surface area (Å²) in [5, 5.41) is 0.505. The van der Waals surface area contributed by atoms with Gasteiger partial charge in [-0.15, -0.1) is 0 Å². The van der Waals surface area contributed by atoms with Gasteiger partial charge in [-0.3, -0.25) is 9.36 Å². The zero-order valence-corrected chi connectivity index (χ0v) is 19.2. The fourth-order valence-corrected chi connectivity index (χ4v) is 4.77. The number of para-hydroxylation sites is 2. The minimum absolute atomic E-state index is 0.0372. The minimum Gasteiger partial charge on any atom is -0.497 e. The van der Waals surface area contributed by atoms with Gasteiger partial charge in [0, 0.05) is 6.61 Å². The fourth-order valence-electron chi connectivity index (χ4n) is 4.77. The second-order valence-electron chi connectivity index (χ2n) is 8.73. The zero-order chi connectivity index (χ0) is 23.2. The molecule has 0 bridgehead atoms. The van der Waals surface area contributed by atoms with Crippen molar-refractivity contribution in [2.75, 3.05) is 13.7 Å². The van der Waals surface area contributed by atoms with Crippen LogP contribution in [0.2, 0.25) is 0 Å². The van der Waals surface area contributed by atoms with Gasteiger partial charge in [0.05, 0.1) is 37.3 Å². The number of hydrogen-bond acceptors (Lipinski definition) is 6. The average molecular weight is 456 g/mol. The predicted octanol–water partition coefficient (Wildman–Crippen LogP) is 3.84. The summed E-state index contributed by atoms with van der Waals surface area (Å²) in [6.07, 6.45) is 2.01. The number of aryl methyl sites for hydroxylation is 1.